The molecule has 4 heterocycles. The first kappa shape index (κ1) is 18.6. The van der Waals surface area contributed by atoms with Crippen molar-refractivity contribution in [2.45, 2.75) is 55.8 Å². The maximum atomic E-state index is 13.0. The predicted molar refractivity (Wildman–Crippen MR) is 107 cm³/mol. The molecule has 0 saturated carbocycles. The quantitative estimate of drug-likeness (QED) is 0.704. The monoisotopic (exact) mass is 413 g/mol. The first-order valence-electron chi connectivity index (χ1n) is 10.2. The fraction of sp³-hybridized carbons (Fsp3) is 0.550. The summed E-state index contributed by atoms with van der Waals surface area (Å²) in [6.45, 7) is 1.27. The van der Waals surface area contributed by atoms with Gasteiger partial charge in [-0.2, -0.15) is 5.10 Å². The van der Waals surface area contributed by atoms with Gasteiger partial charge in [-0.3, -0.25) is 14.2 Å². The Morgan fingerprint density at radius 1 is 1.31 bits per heavy atom. The van der Waals surface area contributed by atoms with Gasteiger partial charge in [-0.25, -0.2) is 4.98 Å². The number of amides is 1. The molecule has 0 spiro atoms. The Bertz CT molecular complexity index is 980. The molecule has 8 nitrogen and oxygen atoms in total. The predicted octanol–water partition coefficient (Wildman–Crippen LogP) is 1.63. The highest BCUT2D eigenvalue weighted by Gasteiger charge is 2.33. The largest absolute Gasteiger partial charge is 0.471 e. The Labute approximate surface area is 172 Å². The zero-order valence-corrected chi connectivity index (χ0v) is 16.9. The van der Waals surface area contributed by atoms with Crippen molar-refractivity contribution in [2.24, 2.45) is 0 Å². The van der Waals surface area contributed by atoms with Crippen molar-refractivity contribution in [1.82, 2.24) is 24.6 Å². The fourth-order valence-corrected chi connectivity index (χ4v) is 5.57. The van der Waals surface area contributed by atoms with Gasteiger partial charge in [0.15, 0.2) is 5.16 Å². The molecule has 2 unspecified atom stereocenters. The van der Waals surface area contributed by atoms with Gasteiger partial charge >= 0.3 is 0 Å². The number of nitrogens with zero attached hydrogens (tertiary/aromatic N) is 5. The zero-order valence-electron chi connectivity index (χ0n) is 16.1. The van der Waals surface area contributed by atoms with Crippen LogP contribution in [0.4, 0.5) is 0 Å². The number of aromatic nitrogens is 4. The van der Waals surface area contributed by atoms with E-state index in [4.69, 9.17) is 9.72 Å². The molecule has 1 saturated heterocycles. The second kappa shape index (κ2) is 7.78. The molecule has 1 fully saturated rings. The van der Waals surface area contributed by atoms with Gasteiger partial charge in [0.1, 0.15) is 6.10 Å². The SMILES string of the molecule is O=C(CC1CSc2nc3c(c(=O)n21)CCC3)N1CCCC(Oc2cccnn2)C1. The number of hydrogen-bond acceptors (Lipinski definition) is 7. The van der Waals surface area contributed by atoms with E-state index in [1.165, 1.54) is 0 Å². The van der Waals surface area contributed by atoms with E-state index >= 15 is 0 Å². The van der Waals surface area contributed by atoms with Crippen LogP contribution in [0, 0.1) is 0 Å². The summed E-state index contributed by atoms with van der Waals surface area (Å²) in [6.07, 6.45) is 6.33. The van der Waals surface area contributed by atoms with Gasteiger partial charge in [-0.05, 0) is 38.2 Å². The lowest BCUT2D eigenvalue weighted by Gasteiger charge is -2.33. The molecule has 9 heteroatoms. The van der Waals surface area contributed by atoms with Gasteiger partial charge in [-0.1, -0.05) is 11.8 Å². The smallest absolute Gasteiger partial charge is 0.257 e. The molecule has 29 heavy (non-hydrogen) atoms. The molecule has 3 aliphatic rings. The molecule has 2 aromatic heterocycles. The van der Waals surface area contributed by atoms with Crippen LogP contribution in [0.3, 0.4) is 0 Å². The Kier molecular flexibility index (Phi) is 4.99. The lowest BCUT2D eigenvalue weighted by atomic mass is 10.1. The van der Waals surface area contributed by atoms with E-state index in [-0.39, 0.29) is 23.6 Å². The van der Waals surface area contributed by atoms with E-state index in [0.717, 1.165) is 60.8 Å². The van der Waals surface area contributed by atoms with E-state index in [0.29, 0.717) is 18.8 Å². The Hall–Kier alpha value is -2.42. The summed E-state index contributed by atoms with van der Waals surface area (Å²) < 4.78 is 7.66. The molecular formula is C20H23N5O3S. The highest BCUT2D eigenvalue weighted by molar-refractivity contribution is 7.99. The van der Waals surface area contributed by atoms with Crippen LogP contribution in [0.5, 0.6) is 5.88 Å². The number of piperidine rings is 1. The van der Waals surface area contributed by atoms with Crippen LogP contribution in [0.25, 0.3) is 0 Å². The fourth-order valence-electron chi connectivity index (χ4n) is 4.42. The van der Waals surface area contributed by atoms with Crippen molar-refractivity contribution >= 4 is 17.7 Å². The lowest BCUT2D eigenvalue weighted by Crippen LogP contribution is -2.45. The van der Waals surface area contributed by atoms with Crippen molar-refractivity contribution in [3.63, 3.8) is 0 Å². The third kappa shape index (κ3) is 3.63. The minimum absolute atomic E-state index is 0.0628. The van der Waals surface area contributed by atoms with Crippen LogP contribution in [0.1, 0.15) is 43.0 Å². The molecule has 2 atom stereocenters. The number of carbonyl (C=O) groups excluding carboxylic acids is 1. The number of fused-ring (bicyclic) bond motifs is 2. The van der Waals surface area contributed by atoms with Crippen LogP contribution in [0.2, 0.25) is 0 Å². The normalized spacial score (nSPS) is 23.0. The standard InChI is InChI=1S/C20H23N5O3S/c26-18(24-9-3-4-14(11-24)28-17-7-2-8-21-23-17)10-13-12-29-20-22-16-6-1-5-15(16)19(27)25(13)20/h2,7-8,13-14H,1,3-6,9-12H2. The van der Waals surface area contributed by atoms with E-state index in [2.05, 4.69) is 10.2 Å². The number of carbonyl (C=O) groups is 1. The molecule has 5 rings (SSSR count). The summed E-state index contributed by atoms with van der Waals surface area (Å²) in [5, 5.41) is 8.57. The Morgan fingerprint density at radius 3 is 3.10 bits per heavy atom. The maximum Gasteiger partial charge on any atom is 0.257 e. The molecule has 2 aromatic rings. The van der Waals surface area contributed by atoms with Gasteiger partial charge in [0.05, 0.1) is 18.3 Å². The number of rotatable bonds is 4. The summed E-state index contributed by atoms with van der Waals surface area (Å²) >= 11 is 1.59. The molecule has 0 bridgehead atoms. The second-order valence-corrected chi connectivity index (χ2v) is 8.79. The summed E-state index contributed by atoms with van der Waals surface area (Å²) in [5.74, 6) is 1.28. The van der Waals surface area contributed by atoms with Crippen LogP contribution < -0.4 is 10.3 Å². The number of aryl methyl sites for hydroxylation is 1. The molecule has 1 amide bonds. The molecule has 0 radical (unpaired) electrons. The van der Waals surface area contributed by atoms with Crippen molar-refractivity contribution < 1.29 is 9.53 Å². The zero-order chi connectivity index (χ0) is 19.8. The molecule has 152 valence electrons. The average Bonchev–Trinajstić information content (AvgIpc) is 3.37. The molecule has 0 aromatic carbocycles. The molecule has 0 N–H and O–H groups in total. The summed E-state index contributed by atoms with van der Waals surface area (Å²) in [7, 11) is 0. The third-order valence-corrected chi connectivity index (χ3v) is 6.95. The van der Waals surface area contributed by atoms with Gasteiger partial charge in [0.2, 0.25) is 11.8 Å². The Balaban J connectivity index is 1.26. The van der Waals surface area contributed by atoms with Gasteiger partial charge < -0.3 is 9.64 Å². The summed E-state index contributed by atoms with van der Waals surface area (Å²) in [5.41, 5.74) is 1.87. The molecule has 1 aliphatic carbocycles. The van der Waals surface area contributed by atoms with Crippen LogP contribution >= 0.6 is 11.8 Å². The first-order valence-corrected chi connectivity index (χ1v) is 11.2. The van der Waals surface area contributed by atoms with E-state index < -0.39 is 0 Å². The summed E-state index contributed by atoms with van der Waals surface area (Å²) in [4.78, 5) is 32.5. The van der Waals surface area contributed by atoms with Crippen LogP contribution in [0.15, 0.2) is 28.3 Å². The minimum atomic E-state index is -0.116. The van der Waals surface area contributed by atoms with Gasteiger partial charge in [0, 0.05) is 36.5 Å². The molecular weight excluding hydrogens is 390 g/mol. The summed E-state index contributed by atoms with van der Waals surface area (Å²) in [6, 6.07) is 3.44. The van der Waals surface area contributed by atoms with E-state index in [1.807, 2.05) is 4.90 Å². The average molecular weight is 414 g/mol. The van der Waals surface area contributed by atoms with E-state index in [1.54, 1.807) is 34.7 Å². The lowest BCUT2D eigenvalue weighted by molar-refractivity contribution is -0.134. The van der Waals surface area contributed by atoms with Gasteiger partial charge in [-0.15, -0.1) is 5.10 Å². The number of likely N-dealkylation sites (tertiary alicyclic amines) is 1. The highest BCUT2D eigenvalue weighted by atomic mass is 32.2. The Morgan fingerprint density at radius 2 is 2.24 bits per heavy atom. The van der Waals surface area contributed by atoms with Crippen molar-refractivity contribution in [3.05, 3.63) is 39.9 Å². The van der Waals surface area contributed by atoms with Crippen molar-refractivity contribution in [2.75, 3.05) is 18.8 Å². The second-order valence-electron chi connectivity index (χ2n) is 7.80. The third-order valence-electron chi connectivity index (χ3n) is 5.85. The molecule has 2 aliphatic heterocycles. The van der Waals surface area contributed by atoms with E-state index in [9.17, 15) is 9.59 Å². The van der Waals surface area contributed by atoms with Crippen molar-refractivity contribution in [3.8, 4) is 5.88 Å². The number of hydrogen-bond donors (Lipinski definition) is 0. The topological polar surface area (TPSA) is 90.2 Å². The number of ether oxygens (including phenoxy) is 1. The minimum Gasteiger partial charge on any atom is -0.471 e. The van der Waals surface area contributed by atoms with Gasteiger partial charge in [0.25, 0.3) is 5.56 Å². The maximum absolute atomic E-state index is 13.0. The van der Waals surface area contributed by atoms with Crippen molar-refractivity contribution in [1.29, 1.82) is 0 Å². The van der Waals surface area contributed by atoms with Crippen LogP contribution in [-0.2, 0) is 17.6 Å². The highest BCUT2D eigenvalue weighted by Crippen LogP contribution is 2.34. The van der Waals surface area contributed by atoms with Crippen LogP contribution in [-0.4, -0.2) is 55.5 Å². The number of thioether (sulfide) groups is 1. The first-order chi connectivity index (χ1) is 14.2.